The Hall–Kier alpha value is -3.10. The SMILES string of the molecule is CCN(CC)C(=O)/C(=C/c1cc(O)c(O)c([N+](=O)[O-])c1)C(N)=O. The molecule has 9 nitrogen and oxygen atoms in total. The molecule has 0 aliphatic carbocycles. The fraction of sp³-hybridized carbons (Fsp3) is 0.286. The summed E-state index contributed by atoms with van der Waals surface area (Å²) < 4.78 is 0. The first-order valence-corrected chi connectivity index (χ1v) is 6.74. The number of phenols is 2. The molecular formula is C14H17N3O6. The Balaban J connectivity index is 3.42. The first-order chi connectivity index (χ1) is 10.7. The Morgan fingerprint density at radius 3 is 2.30 bits per heavy atom. The van der Waals surface area contributed by atoms with Crippen molar-refractivity contribution < 1.29 is 24.7 Å². The second kappa shape index (κ2) is 7.25. The van der Waals surface area contributed by atoms with Crippen LogP contribution in [0.25, 0.3) is 6.08 Å². The number of amides is 2. The van der Waals surface area contributed by atoms with Crippen LogP contribution in [0, 0.1) is 10.1 Å². The zero-order valence-corrected chi connectivity index (χ0v) is 12.6. The van der Waals surface area contributed by atoms with Crippen molar-refractivity contribution in [3.8, 4) is 11.5 Å². The number of likely N-dealkylation sites (N-methyl/N-ethyl adjacent to an activating group) is 1. The highest BCUT2D eigenvalue weighted by Gasteiger charge is 2.22. The highest BCUT2D eigenvalue weighted by Crippen LogP contribution is 2.36. The summed E-state index contributed by atoms with van der Waals surface area (Å²) in [5, 5.41) is 29.8. The molecule has 1 aromatic carbocycles. The minimum absolute atomic E-state index is 0.0127. The summed E-state index contributed by atoms with van der Waals surface area (Å²) >= 11 is 0. The van der Waals surface area contributed by atoms with Gasteiger partial charge in [-0.1, -0.05) is 0 Å². The molecule has 1 rings (SSSR count). The van der Waals surface area contributed by atoms with E-state index in [0.717, 1.165) is 18.2 Å². The molecule has 2 amide bonds. The molecule has 0 saturated heterocycles. The van der Waals surface area contributed by atoms with Crippen molar-refractivity contribution in [2.24, 2.45) is 5.73 Å². The van der Waals surface area contributed by atoms with Crippen LogP contribution < -0.4 is 5.73 Å². The van der Waals surface area contributed by atoms with Crippen LogP contribution in [0.5, 0.6) is 11.5 Å². The van der Waals surface area contributed by atoms with Gasteiger partial charge < -0.3 is 20.8 Å². The summed E-state index contributed by atoms with van der Waals surface area (Å²) in [6, 6.07) is 1.91. The topological polar surface area (TPSA) is 147 Å². The lowest BCUT2D eigenvalue weighted by molar-refractivity contribution is -0.386. The predicted molar refractivity (Wildman–Crippen MR) is 81.5 cm³/mol. The normalized spacial score (nSPS) is 11.1. The second-order valence-corrected chi connectivity index (χ2v) is 4.56. The van der Waals surface area contributed by atoms with Gasteiger partial charge in [0.05, 0.1) is 4.92 Å². The number of nitro groups is 1. The molecule has 0 aliphatic heterocycles. The van der Waals surface area contributed by atoms with Crippen LogP contribution in [0.15, 0.2) is 17.7 Å². The summed E-state index contributed by atoms with van der Waals surface area (Å²) in [6.45, 7) is 4.14. The maximum absolute atomic E-state index is 12.2. The Kier molecular flexibility index (Phi) is 5.66. The minimum atomic E-state index is -1.00. The van der Waals surface area contributed by atoms with Crippen molar-refractivity contribution in [3.05, 3.63) is 33.4 Å². The number of aromatic hydroxyl groups is 2. The largest absolute Gasteiger partial charge is 0.504 e. The molecule has 4 N–H and O–H groups in total. The van der Waals surface area contributed by atoms with Gasteiger partial charge in [0.2, 0.25) is 5.75 Å². The lowest BCUT2D eigenvalue weighted by Crippen LogP contribution is -2.35. The van der Waals surface area contributed by atoms with E-state index >= 15 is 0 Å². The average Bonchev–Trinajstić information content (AvgIpc) is 2.48. The first kappa shape index (κ1) is 18.0. The molecule has 23 heavy (non-hydrogen) atoms. The molecule has 0 fully saturated rings. The molecule has 0 saturated carbocycles. The Morgan fingerprint density at radius 1 is 1.30 bits per heavy atom. The number of phenolic OH excluding ortho intramolecular Hbond substituents is 2. The summed E-state index contributed by atoms with van der Waals surface area (Å²) in [6.07, 6.45) is 1.04. The zero-order chi connectivity index (χ0) is 17.7. The summed E-state index contributed by atoms with van der Waals surface area (Å²) in [4.78, 5) is 35.0. The predicted octanol–water partition coefficient (Wildman–Crippen LogP) is 0.743. The molecule has 0 bridgehead atoms. The molecule has 9 heteroatoms. The Labute approximate surface area is 131 Å². The van der Waals surface area contributed by atoms with Crippen LogP contribution in [0.3, 0.4) is 0 Å². The minimum Gasteiger partial charge on any atom is -0.504 e. The number of hydrogen-bond acceptors (Lipinski definition) is 6. The quantitative estimate of drug-likeness (QED) is 0.176. The van der Waals surface area contributed by atoms with Gasteiger partial charge in [0.1, 0.15) is 5.57 Å². The van der Waals surface area contributed by atoms with E-state index in [1.807, 2.05) is 0 Å². The van der Waals surface area contributed by atoms with Crippen molar-refractivity contribution in [3.63, 3.8) is 0 Å². The highest BCUT2D eigenvalue weighted by molar-refractivity contribution is 6.21. The number of primary amides is 1. The second-order valence-electron chi connectivity index (χ2n) is 4.56. The number of nitro benzene ring substituents is 1. The van der Waals surface area contributed by atoms with Gasteiger partial charge in [0.25, 0.3) is 11.8 Å². The lowest BCUT2D eigenvalue weighted by atomic mass is 10.1. The molecule has 1 aromatic rings. The molecule has 0 spiro atoms. The van der Waals surface area contributed by atoms with Crippen LogP contribution in [0.1, 0.15) is 19.4 Å². The molecule has 0 unspecified atom stereocenters. The summed E-state index contributed by atoms with van der Waals surface area (Å²) in [7, 11) is 0. The molecule has 0 heterocycles. The number of benzene rings is 1. The van der Waals surface area contributed by atoms with Gasteiger partial charge in [-0.3, -0.25) is 19.7 Å². The van der Waals surface area contributed by atoms with Crippen LogP contribution in [0.2, 0.25) is 0 Å². The van der Waals surface area contributed by atoms with E-state index in [-0.39, 0.29) is 11.1 Å². The van der Waals surface area contributed by atoms with E-state index in [1.165, 1.54) is 4.90 Å². The van der Waals surface area contributed by atoms with Gasteiger partial charge >= 0.3 is 5.69 Å². The number of rotatable bonds is 6. The lowest BCUT2D eigenvalue weighted by Gasteiger charge is -2.19. The van der Waals surface area contributed by atoms with E-state index in [1.54, 1.807) is 13.8 Å². The van der Waals surface area contributed by atoms with Gasteiger partial charge in [0, 0.05) is 19.2 Å². The van der Waals surface area contributed by atoms with Crippen LogP contribution in [-0.2, 0) is 9.59 Å². The number of carbonyl (C=O) groups is 2. The number of nitrogens with zero attached hydrogens (tertiary/aromatic N) is 2. The summed E-state index contributed by atoms with van der Waals surface area (Å²) in [5.74, 6) is -3.28. The maximum atomic E-state index is 12.2. The van der Waals surface area contributed by atoms with Crippen LogP contribution >= 0.6 is 0 Å². The third-order valence-corrected chi connectivity index (χ3v) is 3.15. The van der Waals surface area contributed by atoms with E-state index in [9.17, 15) is 29.9 Å². The fourth-order valence-electron chi connectivity index (χ4n) is 1.93. The molecular weight excluding hydrogens is 306 g/mol. The van der Waals surface area contributed by atoms with Gasteiger partial charge in [-0.05, 0) is 31.6 Å². The molecule has 124 valence electrons. The number of nitrogens with two attached hydrogens (primary N) is 1. The van der Waals surface area contributed by atoms with Gasteiger partial charge in [0.15, 0.2) is 5.75 Å². The zero-order valence-electron chi connectivity index (χ0n) is 12.6. The molecule has 0 radical (unpaired) electrons. The molecule has 0 aliphatic rings. The fourth-order valence-corrected chi connectivity index (χ4v) is 1.93. The van der Waals surface area contributed by atoms with Crippen molar-refractivity contribution in [1.29, 1.82) is 0 Å². The van der Waals surface area contributed by atoms with Gasteiger partial charge in [-0.25, -0.2) is 0 Å². The van der Waals surface area contributed by atoms with E-state index in [2.05, 4.69) is 0 Å². The third kappa shape index (κ3) is 3.96. The van der Waals surface area contributed by atoms with Crippen molar-refractivity contribution >= 4 is 23.6 Å². The Morgan fingerprint density at radius 2 is 1.87 bits per heavy atom. The van der Waals surface area contributed by atoms with Gasteiger partial charge in [-0.2, -0.15) is 0 Å². The van der Waals surface area contributed by atoms with E-state index in [0.29, 0.717) is 13.1 Å². The van der Waals surface area contributed by atoms with Crippen LogP contribution in [-0.4, -0.2) is 44.9 Å². The third-order valence-electron chi connectivity index (χ3n) is 3.15. The smallest absolute Gasteiger partial charge is 0.315 e. The van der Waals surface area contributed by atoms with Crippen molar-refractivity contribution in [2.75, 3.05) is 13.1 Å². The number of carbonyl (C=O) groups excluding carboxylic acids is 2. The monoisotopic (exact) mass is 323 g/mol. The Bertz CT molecular complexity index is 679. The molecule has 0 aromatic heterocycles. The molecule has 0 atom stereocenters. The van der Waals surface area contributed by atoms with Crippen molar-refractivity contribution in [1.82, 2.24) is 4.90 Å². The van der Waals surface area contributed by atoms with Gasteiger partial charge in [-0.15, -0.1) is 0 Å². The average molecular weight is 323 g/mol. The van der Waals surface area contributed by atoms with E-state index in [4.69, 9.17) is 5.73 Å². The van der Waals surface area contributed by atoms with E-state index < -0.39 is 33.9 Å². The number of hydrogen-bond donors (Lipinski definition) is 3. The summed E-state index contributed by atoms with van der Waals surface area (Å²) in [5.41, 5.74) is 4.05. The van der Waals surface area contributed by atoms with Crippen LogP contribution in [0.4, 0.5) is 5.69 Å². The first-order valence-electron chi connectivity index (χ1n) is 6.74. The maximum Gasteiger partial charge on any atom is 0.315 e. The van der Waals surface area contributed by atoms with Crippen molar-refractivity contribution in [2.45, 2.75) is 13.8 Å². The highest BCUT2D eigenvalue weighted by atomic mass is 16.6. The standard InChI is InChI=1S/C14H17N3O6/c1-3-16(4-2)14(21)9(13(15)20)5-8-6-10(17(22)23)12(19)11(18)7-8/h5-7,18-19H,3-4H2,1-2H3,(H2,15,20)/b9-5+.